The van der Waals surface area contributed by atoms with Crippen molar-refractivity contribution in [2.24, 2.45) is 0 Å². The van der Waals surface area contributed by atoms with Gasteiger partial charge in [0.05, 0.1) is 30.1 Å². The maximum absolute atomic E-state index is 14.9. The average molecular weight is 387 g/mol. The first-order chi connectivity index (χ1) is 11.9. The van der Waals surface area contributed by atoms with E-state index in [-0.39, 0.29) is 23.5 Å². The summed E-state index contributed by atoms with van der Waals surface area (Å²) in [5.41, 5.74) is 0.453. The first-order valence-electron chi connectivity index (χ1n) is 7.84. The highest BCUT2D eigenvalue weighted by Crippen LogP contribution is 2.37. The van der Waals surface area contributed by atoms with Gasteiger partial charge in [0.2, 0.25) is 0 Å². The number of benzene rings is 1. The van der Waals surface area contributed by atoms with Crippen molar-refractivity contribution in [1.82, 2.24) is 10.2 Å². The molecule has 1 fully saturated rings. The lowest BCUT2D eigenvalue weighted by atomic mass is 10.0. The molecule has 2 atom stereocenters. The Bertz CT molecular complexity index is 762. The number of anilines is 1. The predicted octanol–water partition coefficient (Wildman–Crippen LogP) is 3.31. The smallest absolute Gasteiger partial charge is 0.183 e. The Morgan fingerprint density at radius 1 is 1.28 bits per heavy atom. The second kappa shape index (κ2) is 7.53. The lowest BCUT2D eigenvalue weighted by Crippen LogP contribution is -2.46. The van der Waals surface area contributed by atoms with E-state index < -0.39 is 18.2 Å². The molecule has 2 unspecified atom stereocenters. The van der Waals surface area contributed by atoms with Crippen LogP contribution >= 0.6 is 23.1 Å². The zero-order valence-corrected chi connectivity index (χ0v) is 15.8. The fourth-order valence-electron chi connectivity index (χ4n) is 3.05. The summed E-state index contributed by atoms with van der Waals surface area (Å²) in [7, 11) is 0. The van der Waals surface area contributed by atoms with E-state index >= 15 is 0 Å². The van der Waals surface area contributed by atoms with Crippen LogP contribution in [0.2, 0.25) is 0 Å². The van der Waals surface area contributed by atoms with Crippen LogP contribution in [-0.4, -0.2) is 46.9 Å². The largest absolute Gasteiger partial charge is 0.392 e. The van der Waals surface area contributed by atoms with E-state index in [9.17, 15) is 13.9 Å². The van der Waals surface area contributed by atoms with Crippen molar-refractivity contribution >= 4 is 28.8 Å². The average Bonchev–Trinajstić information content (AvgIpc) is 3.05. The Balaban J connectivity index is 2.07. The van der Waals surface area contributed by atoms with E-state index in [1.54, 1.807) is 4.90 Å². The van der Waals surface area contributed by atoms with Crippen LogP contribution in [0, 0.1) is 11.6 Å². The molecule has 0 bridgehead atoms. The maximum atomic E-state index is 14.9. The summed E-state index contributed by atoms with van der Waals surface area (Å²) < 4.78 is 36.0. The molecule has 1 aromatic carbocycles. The Hall–Kier alpha value is -1.29. The van der Waals surface area contributed by atoms with E-state index in [1.165, 1.54) is 29.2 Å². The van der Waals surface area contributed by atoms with Gasteiger partial charge < -0.3 is 14.7 Å². The first-order valence-corrected chi connectivity index (χ1v) is 9.88. The Morgan fingerprint density at radius 2 is 1.96 bits per heavy atom. The van der Waals surface area contributed by atoms with Crippen molar-refractivity contribution in [2.45, 2.75) is 37.0 Å². The lowest BCUT2D eigenvalue weighted by molar-refractivity contribution is -0.00553. The summed E-state index contributed by atoms with van der Waals surface area (Å²) >= 11 is 2.58. The number of hydrogen-bond acceptors (Lipinski definition) is 7. The molecule has 5 nitrogen and oxygen atoms in total. The number of hydrogen-bond donors (Lipinski definition) is 1. The second-order valence-corrected chi connectivity index (χ2v) is 7.99. The maximum Gasteiger partial charge on any atom is 0.183 e. The van der Waals surface area contributed by atoms with Gasteiger partial charge in [0.25, 0.3) is 0 Å². The Kier molecular flexibility index (Phi) is 5.57. The SMILES string of the molecule is CSc1nnc(-c2cc(CO)c(N3CC(C)OC(C)C3)c(F)c2F)s1. The summed E-state index contributed by atoms with van der Waals surface area (Å²) in [6.45, 7) is 4.24. The molecule has 0 radical (unpaired) electrons. The molecule has 0 saturated carbocycles. The minimum Gasteiger partial charge on any atom is -0.392 e. The number of morpholine rings is 1. The van der Waals surface area contributed by atoms with Crippen LogP contribution in [0.5, 0.6) is 0 Å². The first kappa shape index (κ1) is 18.5. The molecular formula is C16H19F2N3O2S2. The van der Waals surface area contributed by atoms with Crippen LogP contribution in [-0.2, 0) is 11.3 Å². The number of ether oxygens (including phenoxy) is 1. The molecule has 1 N–H and O–H groups in total. The van der Waals surface area contributed by atoms with Crippen molar-refractivity contribution < 1.29 is 18.6 Å². The van der Waals surface area contributed by atoms with Crippen molar-refractivity contribution in [3.63, 3.8) is 0 Å². The third-order valence-electron chi connectivity index (χ3n) is 3.98. The van der Waals surface area contributed by atoms with Crippen molar-refractivity contribution in [1.29, 1.82) is 0 Å². The van der Waals surface area contributed by atoms with E-state index in [0.29, 0.717) is 28.0 Å². The zero-order chi connectivity index (χ0) is 18.1. The van der Waals surface area contributed by atoms with Crippen molar-refractivity contribution in [3.8, 4) is 10.6 Å². The van der Waals surface area contributed by atoms with Gasteiger partial charge in [-0.15, -0.1) is 10.2 Å². The molecule has 0 spiro atoms. The van der Waals surface area contributed by atoms with Crippen LogP contribution in [0.3, 0.4) is 0 Å². The van der Waals surface area contributed by atoms with Gasteiger partial charge in [0.1, 0.15) is 0 Å². The molecule has 1 saturated heterocycles. The highest BCUT2D eigenvalue weighted by molar-refractivity contribution is 8.00. The van der Waals surface area contributed by atoms with E-state index in [2.05, 4.69) is 10.2 Å². The number of aromatic nitrogens is 2. The number of nitrogens with zero attached hydrogens (tertiary/aromatic N) is 3. The molecule has 0 aliphatic carbocycles. The summed E-state index contributed by atoms with van der Waals surface area (Å²) in [6.07, 6.45) is 1.62. The standard InChI is InChI=1S/C16H19F2N3O2S2/c1-8-5-21(6-9(2)23-8)14-10(7-22)4-11(12(17)13(14)18)15-19-20-16(24-3)25-15/h4,8-9,22H,5-7H2,1-3H3. The van der Waals surface area contributed by atoms with Crippen LogP contribution in [0.4, 0.5) is 14.5 Å². The normalized spacial score (nSPS) is 21.0. The molecule has 2 heterocycles. The van der Waals surface area contributed by atoms with E-state index in [1.807, 2.05) is 20.1 Å². The number of rotatable bonds is 4. The van der Waals surface area contributed by atoms with Gasteiger partial charge in [-0.1, -0.05) is 23.1 Å². The second-order valence-electron chi connectivity index (χ2n) is 5.96. The van der Waals surface area contributed by atoms with Crippen LogP contribution in [0.1, 0.15) is 19.4 Å². The van der Waals surface area contributed by atoms with Gasteiger partial charge in [-0.25, -0.2) is 8.78 Å². The van der Waals surface area contributed by atoms with Gasteiger partial charge >= 0.3 is 0 Å². The summed E-state index contributed by atoms with van der Waals surface area (Å²) in [4.78, 5) is 1.74. The molecule has 25 heavy (non-hydrogen) atoms. The summed E-state index contributed by atoms with van der Waals surface area (Å²) in [5, 5.41) is 17.9. The number of thioether (sulfide) groups is 1. The lowest BCUT2D eigenvalue weighted by Gasteiger charge is -2.38. The van der Waals surface area contributed by atoms with Gasteiger partial charge in [-0.2, -0.15) is 0 Å². The van der Waals surface area contributed by atoms with Gasteiger partial charge in [0.15, 0.2) is 21.0 Å². The monoisotopic (exact) mass is 387 g/mol. The predicted molar refractivity (Wildman–Crippen MR) is 95.2 cm³/mol. The minimum atomic E-state index is -0.970. The van der Waals surface area contributed by atoms with Crippen molar-refractivity contribution in [2.75, 3.05) is 24.2 Å². The van der Waals surface area contributed by atoms with Crippen molar-refractivity contribution in [3.05, 3.63) is 23.3 Å². The molecule has 1 aromatic heterocycles. The fraction of sp³-hybridized carbons (Fsp3) is 0.500. The zero-order valence-electron chi connectivity index (χ0n) is 14.1. The van der Waals surface area contributed by atoms with Crippen LogP contribution in [0.25, 0.3) is 10.6 Å². The highest BCUT2D eigenvalue weighted by Gasteiger charge is 2.29. The molecule has 0 amide bonds. The van der Waals surface area contributed by atoms with E-state index in [4.69, 9.17) is 4.74 Å². The minimum absolute atomic E-state index is 0.0254. The topological polar surface area (TPSA) is 58.5 Å². The summed E-state index contributed by atoms with van der Waals surface area (Å²) in [6, 6.07) is 1.46. The third-order valence-corrected chi connectivity index (χ3v) is 5.91. The molecule has 9 heteroatoms. The molecular weight excluding hydrogens is 368 g/mol. The Morgan fingerprint density at radius 3 is 2.52 bits per heavy atom. The number of aliphatic hydroxyl groups excluding tert-OH is 1. The molecule has 2 aromatic rings. The quantitative estimate of drug-likeness (QED) is 0.813. The fourth-order valence-corrected chi connectivity index (χ4v) is 4.33. The van der Waals surface area contributed by atoms with Gasteiger partial charge in [-0.3, -0.25) is 0 Å². The highest BCUT2D eigenvalue weighted by atomic mass is 32.2. The number of aliphatic hydroxyl groups is 1. The van der Waals surface area contributed by atoms with Crippen LogP contribution in [0.15, 0.2) is 10.4 Å². The third kappa shape index (κ3) is 3.64. The molecule has 1 aliphatic heterocycles. The molecule has 1 aliphatic rings. The van der Waals surface area contributed by atoms with Gasteiger partial charge in [0, 0.05) is 18.7 Å². The Labute approximate surface area is 153 Å². The van der Waals surface area contributed by atoms with Crippen LogP contribution < -0.4 is 4.90 Å². The molecule has 3 rings (SSSR count). The molecule has 136 valence electrons. The van der Waals surface area contributed by atoms with E-state index in [0.717, 1.165) is 0 Å². The number of halogens is 2. The van der Waals surface area contributed by atoms with Gasteiger partial charge in [-0.05, 0) is 26.2 Å². The summed E-state index contributed by atoms with van der Waals surface area (Å²) in [5.74, 6) is -1.94.